The van der Waals surface area contributed by atoms with Crippen LogP contribution in [0.25, 0.3) is 0 Å². The molecule has 1 aromatic heterocycles. The highest BCUT2D eigenvalue weighted by Crippen LogP contribution is 2.09. The highest BCUT2D eigenvalue weighted by Gasteiger charge is 2.32. The number of hydrogen-bond donors (Lipinski definition) is 15. The van der Waals surface area contributed by atoms with Crippen LogP contribution in [0.1, 0.15) is 80.3 Å². The number of rotatable bonds is 27. The van der Waals surface area contributed by atoms with Crippen molar-refractivity contribution < 1.29 is 53.1 Å². The summed E-state index contributed by atoms with van der Waals surface area (Å²) in [5, 5.41) is 41.7. The molecule has 0 saturated heterocycles. The van der Waals surface area contributed by atoms with Gasteiger partial charge in [-0.05, 0) is 66.7 Å². The zero-order valence-electron chi connectivity index (χ0n) is 37.3. The molecule has 26 heteroatoms. The lowest BCUT2D eigenvalue weighted by molar-refractivity contribution is -0.142. The summed E-state index contributed by atoms with van der Waals surface area (Å²) in [7, 11) is 0. The molecule has 1 aromatic rings. The Balaban J connectivity index is 2.90. The Morgan fingerprint density at radius 2 is 1.00 bits per heavy atom. The summed E-state index contributed by atoms with van der Waals surface area (Å²) in [5.74, 6) is -8.56. The molecule has 0 fully saturated rings. The number of H-pyrrole nitrogens is 1. The van der Waals surface area contributed by atoms with Crippen molar-refractivity contribution in [1.29, 1.82) is 5.41 Å². The number of aromatic amines is 1. The van der Waals surface area contributed by atoms with E-state index in [0.717, 1.165) is 0 Å². The summed E-state index contributed by atoms with van der Waals surface area (Å²) in [5.41, 5.74) is 11.0. The van der Waals surface area contributed by atoms with Crippen LogP contribution in [0.5, 0.6) is 0 Å². The van der Waals surface area contributed by atoms with Crippen molar-refractivity contribution in [2.75, 3.05) is 13.1 Å². The monoisotopic (exact) mass is 907 g/mol. The largest absolute Gasteiger partial charge is 0.480 e. The lowest BCUT2D eigenvalue weighted by Gasteiger charge is -2.26. The van der Waals surface area contributed by atoms with E-state index < -0.39 is 114 Å². The lowest BCUT2D eigenvalue weighted by Crippen LogP contribution is -2.59. The Kier molecular flexibility index (Phi) is 23.5. The molecule has 0 spiro atoms. The zero-order chi connectivity index (χ0) is 48.8. The van der Waals surface area contributed by atoms with Gasteiger partial charge < -0.3 is 74.7 Å². The van der Waals surface area contributed by atoms with Crippen LogP contribution in [-0.2, 0) is 54.4 Å². The number of carboxylic acids is 1. The number of hydrogen-bond acceptors (Lipinski definition) is 13. The third kappa shape index (κ3) is 20.3. The van der Waals surface area contributed by atoms with Crippen molar-refractivity contribution in [2.24, 2.45) is 17.4 Å². The van der Waals surface area contributed by atoms with E-state index in [1.807, 2.05) is 0 Å². The predicted molar refractivity (Wildman–Crippen MR) is 229 cm³/mol. The van der Waals surface area contributed by atoms with Crippen LogP contribution < -0.4 is 64.6 Å². The maximum atomic E-state index is 13.7. The number of carboxylic acid groups (broad SMARTS) is 1. The topological polar surface area (TPSA) is 416 Å². The summed E-state index contributed by atoms with van der Waals surface area (Å²) >= 11 is 0. The number of nitrogens with one attached hydrogen (secondary N) is 12. The Bertz CT molecular complexity index is 1810. The van der Waals surface area contributed by atoms with Gasteiger partial charge in [0.2, 0.25) is 53.2 Å². The van der Waals surface area contributed by atoms with Gasteiger partial charge in [-0.15, -0.1) is 0 Å². The van der Waals surface area contributed by atoms with Crippen LogP contribution in [0.15, 0.2) is 12.5 Å². The summed E-state index contributed by atoms with van der Waals surface area (Å²) < 4.78 is 0. The van der Waals surface area contributed by atoms with E-state index in [4.69, 9.17) is 16.9 Å². The number of carbonyl (C=O) groups excluding carboxylic acids is 9. The quantitative estimate of drug-likeness (QED) is 0.0223. The van der Waals surface area contributed by atoms with E-state index in [2.05, 4.69) is 63.1 Å². The van der Waals surface area contributed by atoms with Crippen molar-refractivity contribution in [1.82, 2.24) is 63.1 Å². The third-order valence-electron chi connectivity index (χ3n) is 9.26. The summed E-state index contributed by atoms with van der Waals surface area (Å²) in [6, 6.07) is -10.9. The molecule has 26 nitrogen and oxygen atoms in total. The molecule has 358 valence electrons. The zero-order valence-corrected chi connectivity index (χ0v) is 37.3. The Hall–Kier alpha value is -6.86. The molecule has 1 heterocycles. The number of aromatic nitrogens is 2. The number of carbonyl (C=O) groups is 10. The van der Waals surface area contributed by atoms with Crippen molar-refractivity contribution in [2.45, 2.75) is 135 Å². The van der Waals surface area contributed by atoms with E-state index in [-0.39, 0.29) is 50.7 Å². The minimum atomic E-state index is -1.37. The molecule has 9 amide bonds. The van der Waals surface area contributed by atoms with Gasteiger partial charge in [-0.2, -0.15) is 0 Å². The summed E-state index contributed by atoms with van der Waals surface area (Å²) in [6.07, 6.45) is 3.00. The second kappa shape index (κ2) is 27.3. The van der Waals surface area contributed by atoms with E-state index in [9.17, 15) is 53.1 Å². The van der Waals surface area contributed by atoms with E-state index in [0.29, 0.717) is 5.69 Å². The molecular formula is C38H65N15O11. The Morgan fingerprint density at radius 3 is 1.38 bits per heavy atom. The molecule has 0 bridgehead atoms. The van der Waals surface area contributed by atoms with Gasteiger partial charge in [-0.25, -0.2) is 9.78 Å². The van der Waals surface area contributed by atoms with E-state index in [1.54, 1.807) is 13.8 Å². The summed E-state index contributed by atoms with van der Waals surface area (Å²) in [4.78, 5) is 134. The number of guanidine groups is 1. The second-order valence-electron chi connectivity index (χ2n) is 15.5. The molecule has 0 aliphatic carbocycles. The standard InChI is InChI=1S/C38H65N15O11/c1-17(2)12-26(36(62)53-27(37(63)64)13-24-15-42-16-44-24)52-35(61)25(10-9-11-43-38(40)41)51-34(60)23(8)50-33(59)22(7)49-32(58)21(6)48-31(57)20(5)47-30(56)19(4)46-29(55)18(3)45-28(54)14-39/h15-23,25-27H,9-14,39H2,1-8H3,(H,42,44)(H,45,54)(H,46,55)(H,47,56)(H,48,57)(H,49,58)(H,50,59)(H,51,60)(H,52,61)(H,53,62)(H,63,64)(H4,40,41,43)/t18-,19-,20-,21-,22-,23-,25-,26-,27-/m0/s1. The number of amides is 9. The number of nitrogens with zero attached hydrogens (tertiary/aromatic N) is 1. The van der Waals surface area contributed by atoms with Gasteiger partial charge in [0.1, 0.15) is 54.4 Å². The Morgan fingerprint density at radius 1 is 0.609 bits per heavy atom. The van der Waals surface area contributed by atoms with Crippen molar-refractivity contribution in [3.05, 3.63) is 18.2 Å². The minimum Gasteiger partial charge on any atom is -0.480 e. The van der Waals surface area contributed by atoms with Crippen molar-refractivity contribution >= 4 is 65.1 Å². The molecule has 0 unspecified atom stereocenters. The van der Waals surface area contributed by atoms with Crippen molar-refractivity contribution in [3.63, 3.8) is 0 Å². The molecule has 9 atom stereocenters. The normalized spacial score (nSPS) is 15.1. The lowest BCUT2D eigenvalue weighted by atomic mass is 10.0. The van der Waals surface area contributed by atoms with Crippen molar-refractivity contribution in [3.8, 4) is 0 Å². The molecular weight excluding hydrogens is 843 g/mol. The highest BCUT2D eigenvalue weighted by molar-refractivity contribution is 5.98. The molecule has 1 rings (SSSR count). The van der Waals surface area contributed by atoms with Gasteiger partial charge in [-0.3, -0.25) is 48.6 Å². The smallest absolute Gasteiger partial charge is 0.326 e. The second-order valence-corrected chi connectivity index (χ2v) is 15.5. The first-order valence-corrected chi connectivity index (χ1v) is 20.6. The molecule has 64 heavy (non-hydrogen) atoms. The van der Waals surface area contributed by atoms with Gasteiger partial charge in [0.15, 0.2) is 5.96 Å². The molecule has 0 saturated carbocycles. The SMILES string of the molecule is CC(C)C[C@H](NC(=O)[C@H](CCCNC(=N)N)NC(=O)[C@H](C)NC(=O)[C@H](C)NC(=O)[C@H](C)NC(=O)[C@H](C)NC(=O)[C@H](C)NC(=O)[C@H](C)NC(=O)CN)C(=O)N[C@@H](Cc1c[nH]cn1)C(=O)O. The van der Waals surface area contributed by atoms with Gasteiger partial charge in [0.25, 0.3) is 0 Å². The summed E-state index contributed by atoms with van der Waals surface area (Å²) in [6.45, 7) is 11.4. The average Bonchev–Trinajstić information content (AvgIpc) is 3.73. The number of nitrogens with two attached hydrogens (primary N) is 2. The van der Waals surface area contributed by atoms with Crippen LogP contribution >= 0.6 is 0 Å². The first kappa shape index (κ1) is 55.2. The minimum absolute atomic E-state index is 0.0187. The molecule has 17 N–H and O–H groups in total. The molecule has 0 aliphatic rings. The third-order valence-corrected chi connectivity index (χ3v) is 9.26. The highest BCUT2D eigenvalue weighted by atomic mass is 16.4. The average molecular weight is 908 g/mol. The van der Waals surface area contributed by atoms with Crippen LogP contribution in [-0.4, -0.2) is 148 Å². The molecule has 0 aromatic carbocycles. The number of imidazole rings is 1. The fraction of sp³-hybridized carbons (Fsp3) is 0.632. The van der Waals surface area contributed by atoms with E-state index >= 15 is 0 Å². The van der Waals surface area contributed by atoms with Gasteiger partial charge in [0.05, 0.1) is 18.6 Å². The van der Waals surface area contributed by atoms with E-state index in [1.165, 1.54) is 54.1 Å². The number of aliphatic carboxylic acids is 1. The van der Waals surface area contributed by atoms with Gasteiger partial charge in [-0.1, -0.05) is 13.8 Å². The first-order chi connectivity index (χ1) is 29.9. The first-order valence-electron chi connectivity index (χ1n) is 20.6. The van der Waals surface area contributed by atoms with Gasteiger partial charge >= 0.3 is 5.97 Å². The van der Waals surface area contributed by atoms with Gasteiger partial charge in [0, 0.05) is 19.2 Å². The van der Waals surface area contributed by atoms with Crippen LogP contribution in [0.3, 0.4) is 0 Å². The molecule has 0 aliphatic heterocycles. The fourth-order valence-electron chi connectivity index (χ4n) is 5.54. The predicted octanol–water partition coefficient (Wildman–Crippen LogP) is -5.21. The maximum absolute atomic E-state index is 13.7. The Labute approximate surface area is 370 Å². The maximum Gasteiger partial charge on any atom is 0.326 e. The van der Waals surface area contributed by atoms with Crippen LogP contribution in [0, 0.1) is 11.3 Å². The van der Waals surface area contributed by atoms with Crippen LogP contribution in [0.4, 0.5) is 0 Å². The fourth-order valence-corrected chi connectivity index (χ4v) is 5.54. The molecule has 0 radical (unpaired) electrons. The van der Waals surface area contributed by atoms with Crippen LogP contribution in [0.2, 0.25) is 0 Å².